The summed E-state index contributed by atoms with van der Waals surface area (Å²) in [6, 6.07) is 18.4. The van der Waals surface area contributed by atoms with Crippen molar-refractivity contribution in [2.45, 2.75) is 57.2 Å². The number of rotatable bonds is 8. The number of ether oxygens (including phenoxy) is 1. The van der Waals surface area contributed by atoms with Gasteiger partial charge in [-0.15, -0.1) is 0 Å². The Labute approximate surface area is 215 Å². The van der Waals surface area contributed by atoms with Crippen molar-refractivity contribution in [2.75, 3.05) is 6.61 Å². The van der Waals surface area contributed by atoms with E-state index in [1.54, 1.807) is 30.3 Å². The molecule has 0 unspecified atom stereocenters. The second-order valence-electron chi connectivity index (χ2n) is 9.07. The Hall–Kier alpha value is -2.58. The van der Waals surface area contributed by atoms with Crippen LogP contribution in [-0.2, 0) is 28.2 Å². The van der Waals surface area contributed by atoms with Crippen LogP contribution in [0.25, 0.3) is 0 Å². The van der Waals surface area contributed by atoms with E-state index in [4.69, 9.17) is 4.74 Å². The Morgan fingerprint density at radius 1 is 1.17 bits per heavy atom. The number of imidazole rings is 1. The molecule has 0 aliphatic heterocycles. The molecule has 3 aromatic rings. The first kappa shape index (κ1) is 27.0. The molecule has 188 valence electrons. The van der Waals surface area contributed by atoms with Gasteiger partial charge in [-0.1, -0.05) is 60.7 Å². The van der Waals surface area contributed by atoms with Crippen LogP contribution in [-0.4, -0.2) is 28.2 Å². The van der Waals surface area contributed by atoms with Crippen molar-refractivity contribution in [3.63, 3.8) is 0 Å². The zero-order chi connectivity index (χ0) is 24.2. The molecule has 1 aliphatic carbocycles. The topological polar surface area (TPSA) is 55.3 Å². The molecule has 1 heterocycles. The minimum atomic E-state index is -2.90. The van der Waals surface area contributed by atoms with Crippen LogP contribution in [0.5, 0.6) is 0 Å². The average Bonchev–Trinajstić information content (AvgIpc) is 3.18. The molecule has 0 bridgehead atoms. The lowest BCUT2D eigenvalue weighted by Gasteiger charge is -2.39. The molecule has 35 heavy (non-hydrogen) atoms. The molecule has 0 amide bonds. The Balaban J connectivity index is 0.00000342. The average molecular weight is 549 g/mol. The van der Waals surface area contributed by atoms with E-state index in [1.807, 2.05) is 42.1 Å². The first-order valence-electron chi connectivity index (χ1n) is 11.7. The van der Waals surface area contributed by atoms with Crippen LogP contribution in [0.1, 0.15) is 42.6 Å². The molecular weight excluding hydrogens is 518 g/mol. The van der Waals surface area contributed by atoms with E-state index in [1.165, 1.54) is 5.56 Å². The molecule has 2 atom stereocenters. The van der Waals surface area contributed by atoms with Gasteiger partial charge in [0.15, 0.2) is 5.60 Å². The van der Waals surface area contributed by atoms with Crippen LogP contribution < -0.4 is 21.5 Å². The summed E-state index contributed by atoms with van der Waals surface area (Å²) >= 11 is 0. The van der Waals surface area contributed by atoms with Crippen LogP contribution in [0, 0.1) is 12.8 Å². The molecule has 1 saturated carbocycles. The minimum absolute atomic E-state index is 0. The van der Waals surface area contributed by atoms with Gasteiger partial charge in [-0.05, 0) is 24.0 Å². The first-order chi connectivity index (χ1) is 16.3. The lowest BCUT2D eigenvalue weighted by molar-refractivity contribution is -0.694. The quantitative estimate of drug-likeness (QED) is 0.342. The number of nitrogens with zero attached hydrogens (tertiary/aromatic N) is 2. The van der Waals surface area contributed by atoms with Gasteiger partial charge >= 0.3 is 5.97 Å². The number of carbonyl (C=O) groups excluding carboxylic acids is 1. The summed E-state index contributed by atoms with van der Waals surface area (Å²) in [4.78, 5) is 13.2. The number of alkyl halides is 2. The van der Waals surface area contributed by atoms with Gasteiger partial charge in [-0.2, -0.15) is 0 Å². The van der Waals surface area contributed by atoms with Crippen molar-refractivity contribution < 1.29 is 45.0 Å². The Kier molecular flexibility index (Phi) is 8.83. The van der Waals surface area contributed by atoms with Crippen molar-refractivity contribution in [2.24, 2.45) is 5.92 Å². The highest BCUT2D eigenvalue weighted by Crippen LogP contribution is 2.45. The standard InChI is InChI=1S/C27H31F2N2O3.BrH/c1-21-30(15-16-31(21)20-22-9-4-2-5-10-22)17-18-34-25(32)27(33,23-11-6-3-7-12-23)24-13-8-14-26(28,29)19-24;/h2-7,9-12,15-16,24,33H,8,13-14,17-20H2,1H3;1H/q+1;/p-1/t24-,27+;/m1./s1. The number of carbonyl (C=O) groups is 1. The predicted octanol–water partition coefficient (Wildman–Crippen LogP) is 1.39. The van der Waals surface area contributed by atoms with Gasteiger partial charge in [-0.25, -0.2) is 22.7 Å². The van der Waals surface area contributed by atoms with Crippen LogP contribution in [0.15, 0.2) is 73.1 Å². The molecule has 0 spiro atoms. The van der Waals surface area contributed by atoms with Crippen LogP contribution in [0.2, 0.25) is 0 Å². The summed E-state index contributed by atoms with van der Waals surface area (Å²) in [5.74, 6) is -3.69. The molecule has 1 aromatic heterocycles. The number of aliphatic hydroxyl groups is 1. The smallest absolute Gasteiger partial charge is 0.343 e. The Morgan fingerprint density at radius 3 is 2.49 bits per heavy atom. The van der Waals surface area contributed by atoms with Crippen molar-refractivity contribution >= 4 is 5.97 Å². The van der Waals surface area contributed by atoms with Crippen molar-refractivity contribution in [3.05, 3.63) is 90.0 Å². The maximum atomic E-state index is 14.2. The molecule has 0 saturated heterocycles. The number of esters is 1. The van der Waals surface area contributed by atoms with E-state index in [0.29, 0.717) is 18.5 Å². The van der Waals surface area contributed by atoms with E-state index < -0.39 is 29.8 Å². The fourth-order valence-corrected chi connectivity index (χ4v) is 4.81. The molecule has 0 radical (unpaired) electrons. The first-order valence-corrected chi connectivity index (χ1v) is 11.7. The number of aromatic nitrogens is 2. The second kappa shape index (κ2) is 11.4. The van der Waals surface area contributed by atoms with Crippen molar-refractivity contribution in [1.82, 2.24) is 4.57 Å². The lowest BCUT2D eigenvalue weighted by Crippen LogP contribution is -3.00. The summed E-state index contributed by atoms with van der Waals surface area (Å²) in [5.41, 5.74) is -0.637. The molecule has 2 aromatic carbocycles. The molecule has 4 rings (SSSR count). The monoisotopic (exact) mass is 548 g/mol. The SMILES string of the molecule is Cc1n(CCOC(=O)[C@](O)(c2ccccc2)[C@@H]2CCCC(F)(F)C2)cc[n+]1Cc1ccccc1.[Br-]. The summed E-state index contributed by atoms with van der Waals surface area (Å²) in [7, 11) is 0. The van der Waals surface area contributed by atoms with Gasteiger partial charge in [0.2, 0.25) is 5.92 Å². The highest BCUT2D eigenvalue weighted by molar-refractivity contribution is 5.81. The summed E-state index contributed by atoms with van der Waals surface area (Å²) in [6.07, 6.45) is 3.71. The number of benzene rings is 2. The van der Waals surface area contributed by atoms with E-state index in [-0.39, 0.29) is 36.4 Å². The molecule has 1 N–H and O–H groups in total. The largest absolute Gasteiger partial charge is 1.00 e. The van der Waals surface area contributed by atoms with Crippen LogP contribution in [0.4, 0.5) is 8.78 Å². The minimum Gasteiger partial charge on any atom is -1.00 e. The zero-order valence-corrected chi connectivity index (χ0v) is 21.3. The van der Waals surface area contributed by atoms with Gasteiger partial charge < -0.3 is 26.8 Å². The molecule has 5 nitrogen and oxygen atoms in total. The highest BCUT2D eigenvalue weighted by Gasteiger charge is 2.52. The van der Waals surface area contributed by atoms with Gasteiger partial charge in [0.05, 0.1) is 0 Å². The summed E-state index contributed by atoms with van der Waals surface area (Å²) < 4.78 is 37.9. The second-order valence-corrected chi connectivity index (χ2v) is 9.07. The van der Waals surface area contributed by atoms with Gasteiger partial charge in [0, 0.05) is 25.7 Å². The molecule has 1 fully saturated rings. The van der Waals surface area contributed by atoms with Gasteiger partial charge in [0.1, 0.15) is 32.1 Å². The van der Waals surface area contributed by atoms with Crippen LogP contribution in [0.3, 0.4) is 0 Å². The third kappa shape index (κ3) is 6.16. The van der Waals surface area contributed by atoms with Crippen LogP contribution >= 0.6 is 0 Å². The third-order valence-electron chi connectivity index (χ3n) is 6.78. The fraction of sp³-hybridized carbons (Fsp3) is 0.407. The van der Waals surface area contributed by atoms with Crippen molar-refractivity contribution in [3.8, 4) is 0 Å². The molecular formula is C27H31BrF2N2O3. The predicted molar refractivity (Wildman–Crippen MR) is 123 cm³/mol. The van der Waals surface area contributed by atoms with E-state index in [0.717, 1.165) is 12.4 Å². The summed E-state index contributed by atoms with van der Waals surface area (Å²) in [6.45, 7) is 3.13. The number of hydrogen-bond acceptors (Lipinski definition) is 3. The normalized spacial score (nSPS) is 18.8. The van der Waals surface area contributed by atoms with E-state index in [9.17, 15) is 18.7 Å². The molecule has 1 aliphatic rings. The number of hydrogen-bond donors (Lipinski definition) is 1. The Bertz CT molecular complexity index is 1110. The maximum Gasteiger partial charge on any atom is 0.343 e. The zero-order valence-electron chi connectivity index (χ0n) is 19.7. The Morgan fingerprint density at radius 2 is 1.83 bits per heavy atom. The molecule has 8 heteroatoms. The van der Waals surface area contributed by atoms with Gasteiger partial charge in [-0.3, -0.25) is 0 Å². The van der Waals surface area contributed by atoms with E-state index >= 15 is 0 Å². The van der Waals surface area contributed by atoms with Gasteiger partial charge in [0.25, 0.3) is 5.82 Å². The summed E-state index contributed by atoms with van der Waals surface area (Å²) in [5, 5.41) is 11.5. The lowest BCUT2D eigenvalue weighted by atomic mass is 9.72. The highest BCUT2D eigenvalue weighted by atomic mass is 79.9. The van der Waals surface area contributed by atoms with Crippen molar-refractivity contribution in [1.29, 1.82) is 0 Å². The number of halogens is 3. The van der Waals surface area contributed by atoms with E-state index in [2.05, 4.69) is 16.7 Å². The fourth-order valence-electron chi connectivity index (χ4n) is 4.81. The third-order valence-corrected chi connectivity index (χ3v) is 6.78. The maximum absolute atomic E-state index is 14.2.